The van der Waals surface area contributed by atoms with Crippen LogP contribution in [0.5, 0.6) is 0 Å². The molecule has 4 nitrogen and oxygen atoms in total. The molecule has 1 aliphatic rings. The first-order valence-electron chi connectivity index (χ1n) is 6.09. The monoisotopic (exact) mass is 285 g/mol. The number of guanidine groups is 1. The number of amides is 1. The van der Waals surface area contributed by atoms with Crippen molar-refractivity contribution in [2.24, 2.45) is 4.99 Å². The number of alkyl halides is 3. The molecule has 1 saturated heterocycles. The van der Waals surface area contributed by atoms with E-state index in [4.69, 9.17) is 0 Å². The predicted molar refractivity (Wildman–Crippen MR) is 68.1 cm³/mol. The van der Waals surface area contributed by atoms with Crippen LogP contribution in [0.25, 0.3) is 0 Å². The summed E-state index contributed by atoms with van der Waals surface area (Å²) in [5.41, 5.74) is -1.41. The number of hydrogen-bond donors (Lipinski definition) is 2. The van der Waals surface area contributed by atoms with Gasteiger partial charge in [0.05, 0.1) is 5.56 Å². The van der Waals surface area contributed by atoms with Crippen LogP contribution in [0, 0.1) is 0 Å². The minimum atomic E-state index is -4.39. The summed E-state index contributed by atoms with van der Waals surface area (Å²) < 4.78 is 37.6. The molecule has 1 aromatic rings. The maximum absolute atomic E-state index is 12.5. The number of benzene rings is 1. The van der Waals surface area contributed by atoms with Gasteiger partial charge < -0.3 is 5.32 Å². The van der Waals surface area contributed by atoms with E-state index in [1.165, 1.54) is 12.1 Å². The third kappa shape index (κ3) is 2.48. The van der Waals surface area contributed by atoms with E-state index in [-0.39, 0.29) is 5.91 Å². The zero-order valence-corrected chi connectivity index (χ0v) is 11.0. The molecule has 1 atom stereocenters. The molecular formula is C13H14F3N3O. The van der Waals surface area contributed by atoms with Crippen molar-refractivity contribution in [3.8, 4) is 0 Å². The standard InChI is InChI=1S/C13H14F3N3O/c1-3-17-11-18-10(20)12(2,19-11)8-4-6-9(7-5-8)13(14,15)16/h4-7H,3H2,1-2H3,(H2,17,18,19,20). The van der Waals surface area contributed by atoms with Crippen LogP contribution in [0.3, 0.4) is 0 Å². The number of hydrogen-bond acceptors (Lipinski definition) is 2. The van der Waals surface area contributed by atoms with Gasteiger partial charge in [-0.1, -0.05) is 12.1 Å². The molecule has 0 aliphatic carbocycles. The zero-order chi connectivity index (χ0) is 15.0. The normalized spacial score (nSPS) is 24.6. The van der Waals surface area contributed by atoms with Gasteiger partial charge in [0.15, 0.2) is 5.96 Å². The molecular weight excluding hydrogens is 271 g/mol. The molecule has 0 spiro atoms. The first-order valence-corrected chi connectivity index (χ1v) is 6.09. The predicted octanol–water partition coefficient (Wildman–Crippen LogP) is 2.02. The molecule has 108 valence electrons. The van der Waals surface area contributed by atoms with Gasteiger partial charge in [0.1, 0.15) is 5.54 Å². The second kappa shape index (κ2) is 4.81. The highest BCUT2D eigenvalue weighted by Crippen LogP contribution is 2.31. The Bertz CT molecular complexity index is 551. The van der Waals surface area contributed by atoms with E-state index in [0.717, 1.165) is 12.1 Å². The van der Waals surface area contributed by atoms with E-state index in [0.29, 0.717) is 18.1 Å². The molecule has 0 radical (unpaired) electrons. The van der Waals surface area contributed by atoms with Gasteiger partial charge in [-0.05, 0) is 31.5 Å². The van der Waals surface area contributed by atoms with Crippen LogP contribution in [0.4, 0.5) is 13.2 Å². The van der Waals surface area contributed by atoms with Crippen LogP contribution >= 0.6 is 0 Å². The third-order valence-electron chi connectivity index (χ3n) is 3.16. The van der Waals surface area contributed by atoms with E-state index in [1.807, 2.05) is 6.92 Å². The van der Waals surface area contributed by atoms with Crippen LogP contribution in [0.2, 0.25) is 0 Å². The fraction of sp³-hybridized carbons (Fsp3) is 0.385. The van der Waals surface area contributed by atoms with Crippen molar-refractivity contribution in [3.63, 3.8) is 0 Å². The molecule has 2 N–H and O–H groups in total. The van der Waals surface area contributed by atoms with Crippen molar-refractivity contribution in [2.45, 2.75) is 25.6 Å². The highest BCUT2D eigenvalue weighted by atomic mass is 19.4. The average molecular weight is 285 g/mol. The number of carbonyl (C=O) groups excluding carboxylic acids is 1. The first kappa shape index (κ1) is 14.4. The molecule has 20 heavy (non-hydrogen) atoms. The minimum Gasteiger partial charge on any atom is -0.338 e. The smallest absolute Gasteiger partial charge is 0.338 e. The lowest BCUT2D eigenvalue weighted by molar-refractivity contribution is -0.137. The van der Waals surface area contributed by atoms with Crippen molar-refractivity contribution in [1.82, 2.24) is 10.6 Å². The van der Waals surface area contributed by atoms with Crippen molar-refractivity contribution < 1.29 is 18.0 Å². The summed E-state index contributed by atoms with van der Waals surface area (Å²) in [6.45, 7) is 3.91. The van der Waals surface area contributed by atoms with Crippen molar-refractivity contribution in [1.29, 1.82) is 0 Å². The molecule has 1 heterocycles. The Balaban J connectivity index is 2.32. The SMILES string of the molecule is CCN=C1NC(=O)C(C)(c2ccc(C(F)(F)F)cc2)N1. The number of aliphatic imine (C=N–C) groups is 1. The summed E-state index contributed by atoms with van der Waals surface area (Å²) in [7, 11) is 0. The maximum atomic E-state index is 12.5. The van der Waals surface area contributed by atoms with Crippen molar-refractivity contribution in [3.05, 3.63) is 35.4 Å². The van der Waals surface area contributed by atoms with Gasteiger partial charge in [-0.15, -0.1) is 0 Å². The Morgan fingerprint density at radius 2 is 1.85 bits per heavy atom. The van der Waals surface area contributed by atoms with Crippen LogP contribution in [-0.2, 0) is 16.5 Å². The number of carbonyl (C=O) groups is 1. The largest absolute Gasteiger partial charge is 0.416 e. The van der Waals surface area contributed by atoms with E-state index in [9.17, 15) is 18.0 Å². The average Bonchev–Trinajstić information content (AvgIpc) is 2.65. The molecule has 0 aromatic heterocycles. The topological polar surface area (TPSA) is 53.5 Å². The Kier molecular flexibility index (Phi) is 3.45. The fourth-order valence-electron chi connectivity index (χ4n) is 1.99. The Labute approximate surface area is 114 Å². The molecule has 1 amide bonds. The third-order valence-corrected chi connectivity index (χ3v) is 3.16. The lowest BCUT2D eigenvalue weighted by atomic mass is 9.91. The molecule has 2 rings (SSSR count). The van der Waals surface area contributed by atoms with E-state index in [2.05, 4.69) is 15.6 Å². The van der Waals surface area contributed by atoms with Crippen LogP contribution in [-0.4, -0.2) is 18.4 Å². The van der Waals surface area contributed by atoms with Gasteiger partial charge in [-0.3, -0.25) is 15.1 Å². The minimum absolute atomic E-state index is 0.333. The fourth-order valence-corrected chi connectivity index (χ4v) is 1.99. The van der Waals surface area contributed by atoms with E-state index >= 15 is 0 Å². The van der Waals surface area contributed by atoms with E-state index in [1.54, 1.807) is 6.92 Å². The number of nitrogens with one attached hydrogen (secondary N) is 2. The van der Waals surface area contributed by atoms with Gasteiger partial charge in [0.2, 0.25) is 0 Å². The Morgan fingerprint density at radius 3 is 2.35 bits per heavy atom. The second-order valence-corrected chi connectivity index (χ2v) is 4.60. The summed E-state index contributed by atoms with van der Waals surface area (Å²) in [6.07, 6.45) is -4.39. The lowest BCUT2D eigenvalue weighted by Gasteiger charge is -2.22. The van der Waals surface area contributed by atoms with Gasteiger partial charge in [-0.2, -0.15) is 13.2 Å². The van der Waals surface area contributed by atoms with Crippen LogP contribution in [0.15, 0.2) is 29.3 Å². The summed E-state index contributed by atoms with van der Waals surface area (Å²) >= 11 is 0. The number of nitrogens with zero attached hydrogens (tertiary/aromatic N) is 1. The molecule has 1 aliphatic heterocycles. The maximum Gasteiger partial charge on any atom is 0.416 e. The van der Waals surface area contributed by atoms with Crippen molar-refractivity contribution in [2.75, 3.05) is 6.54 Å². The highest BCUT2D eigenvalue weighted by molar-refractivity contribution is 6.09. The summed E-state index contributed by atoms with van der Waals surface area (Å²) in [5, 5.41) is 5.47. The number of halogens is 3. The summed E-state index contributed by atoms with van der Waals surface area (Å²) in [5.74, 6) is -0.00986. The molecule has 1 fully saturated rings. The Morgan fingerprint density at radius 1 is 1.25 bits per heavy atom. The van der Waals surface area contributed by atoms with Crippen molar-refractivity contribution >= 4 is 11.9 Å². The van der Waals surface area contributed by atoms with Gasteiger partial charge >= 0.3 is 6.18 Å². The zero-order valence-electron chi connectivity index (χ0n) is 11.0. The molecule has 7 heteroatoms. The molecule has 1 unspecified atom stereocenters. The lowest BCUT2D eigenvalue weighted by Crippen LogP contribution is -2.40. The first-order chi connectivity index (χ1) is 9.27. The van der Waals surface area contributed by atoms with E-state index < -0.39 is 17.3 Å². The van der Waals surface area contributed by atoms with Gasteiger partial charge in [0, 0.05) is 6.54 Å². The summed E-state index contributed by atoms with van der Waals surface area (Å²) in [4.78, 5) is 16.0. The Hall–Kier alpha value is -2.05. The van der Waals surface area contributed by atoms with Gasteiger partial charge in [-0.25, -0.2) is 0 Å². The van der Waals surface area contributed by atoms with Gasteiger partial charge in [0.25, 0.3) is 5.91 Å². The quantitative estimate of drug-likeness (QED) is 0.873. The van der Waals surface area contributed by atoms with Crippen LogP contribution < -0.4 is 10.6 Å². The molecule has 0 saturated carbocycles. The highest BCUT2D eigenvalue weighted by Gasteiger charge is 2.42. The molecule has 1 aromatic carbocycles. The number of rotatable bonds is 2. The summed E-state index contributed by atoms with van der Waals surface area (Å²) in [6, 6.07) is 4.52. The molecule has 0 bridgehead atoms. The van der Waals surface area contributed by atoms with Crippen LogP contribution in [0.1, 0.15) is 25.0 Å². The second-order valence-electron chi connectivity index (χ2n) is 4.60.